The van der Waals surface area contributed by atoms with Crippen LogP contribution in [0.2, 0.25) is 0 Å². The van der Waals surface area contributed by atoms with Crippen LogP contribution in [0.5, 0.6) is 5.75 Å². The van der Waals surface area contributed by atoms with Crippen molar-refractivity contribution in [2.24, 2.45) is 5.10 Å². The second-order valence-corrected chi connectivity index (χ2v) is 6.68. The summed E-state index contributed by atoms with van der Waals surface area (Å²) in [6, 6.07) is 15.8. The highest BCUT2D eigenvalue weighted by atomic mass is 32.1. The first-order valence-corrected chi connectivity index (χ1v) is 9.78. The molecule has 29 heavy (non-hydrogen) atoms. The lowest BCUT2D eigenvalue weighted by molar-refractivity contribution is -0.142. The summed E-state index contributed by atoms with van der Waals surface area (Å²) in [5.41, 5.74) is 4.77. The summed E-state index contributed by atoms with van der Waals surface area (Å²) in [5, 5.41) is 6.49. The van der Waals surface area contributed by atoms with E-state index in [4.69, 9.17) is 9.47 Å². The molecule has 0 saturated heterocycles. The summed E-state index contributed by atoms with van der Waals surface area (Å²) in [6.45, 7) is 2.11. The van der Waals surface area contributed by atoms with Crippen LogP contribution in [0.3, 0.4) is 0 Å². The van der Waals surface area contributed by atoms with Crippen LogP contribution in [0, 0.1) is 0 Å². The van der Waals surface area contributed by atoms with Crippen LogP contribution in [-0.2, 0) is 16.0 Å². The fraction of sp³-hybridized carbons (Fsp3) is 0.143. The van der Waals surface area contributed by atoms with Crippen molar-refractivity contribution in [2.75, 3.05) is 12.0 Å². The van der Waals surface area contributed by atoms with Crippen LogP contribution in [0.1, 0.15) is 28.5 Å². The number of esters is 2. The van der Waals surface area contributed by atoms with Gasteiger partial charge in [0.25, 0.3) is 0 Å². The van der Waals surface area contributed by atoms with Gasteiger partial charge in [-0.3, -0.25) is 10.2 Å². The van der Waals surface area contributed by atoms with E-state index >= 15 is 0 Å². The van der Waals surface area contributed by atoms with Gasteiger partial charge < -0.3 is 9.47 Å². The molecule has 8 heteroatoms. The molecule has 0 aliphatic rings. The van der Waals surface area contributed by atoms with E-state index in [0.29, 0.717) is 28.7 Å². The highest BCUT2D eigenvalue weighted by Crippen LogP contribution is 2.17. The topological polar surface area (TPSA) is 89.9 Å². The molecule has 1 aromatic heterocycles. The monoisotopic (exact) mass is 409 g/mol. The molecule has 1 N–H and O–H groups in total. The average molecular weight is 409 g/mol. The number of hydrazone groups is 1. The molecule has 0 aliphatic carbocycles. The number of aromatic nitrogens is 1. The zero-order valence-corrected chi connectivity index (χ0v) is 16.5. The van der Waals surface area contributed by atoms with Gasteiger partial charge in [-0.15, -0.1) is 11.3 Å². The lowest BCUT2D eigenvalue weighted by atomic mass is 10.2. The van der Waals surface area contributed by atoms with Crippen molar-refractivity contribution < 1.29 is 19.1 Å². The molecule has 0 atom stereocenters. The first-order valence-electron chi connectivity index (χ1n) is 8.90. The summed E-state index contributed by atoms with van der Waals surface area (Å²) in [6.07, 6.45) is 1.76. The number of carbonyl (C=O) groups excluding carboxylic acids is 2. The quantitative estimate of drug-likeness (QED) is 0.263. The lowest BCUT2D eigenvalue weighted by Crippen LogP contribution is -2.08. The van der Waals surface area contributed by atoms with Crippen molar-refractivity contribution in [1.29, 1.82) is 0 Å². The maximum absolute atomic E-state index is 12.0. The van der Waals surface area contributed by atoms with E-state index in [9.17, 15) is 9.59 Å². The molecule has 0 bridgehead atoms. The minimum Gasteiger partial charge on any atom is -0.466 e. The fourth-order valence-corrected chi connectivity index (χ4v) is 2.98. The van der Waals surface area contributed by atoms with Crippen molar-refractivity contribution in [3.8, 4) is 5.75 Å². The Morgan fingerprint density at radius 2 is 1.90 bits per heavy atom. The number of anilines is 1. The molecule has 2 aromatic carbocycles. The summed E-state index contributed by atoms with van der Waals surface area (Å²) in [4.78, 5) is 27.8. The average Bonchev–Trinajstić information content (AvgIpc) is 3.17. The molecule has 0 fully saturated rings. The summed E-state index contributed by atoms with van der Waals surface area (Å²) >= 11 is 1.35. The minimum absolute atomic E-state index is 0.138. The van der Waals surface area contributed by atoms with Crippen molar-refractivity contribution in [3.05, 3.63) is 76.8 Å². The molecule has 0 spiro atoms. The number of hydrogen-bond acceptors (Lipinski definition) is 8. The Morgan fingerprint density at radius 3 is 2.62 bits per heavy atom. The normalized spacial score (nSPS) is 10.7. The second kappa shape index (κ2) is 10.1. The Morgan fingerprint density at radius 1 is 1.14 bits per heavy atom. The molecule has 1 heterocycles. The van der Waals surface area contributed by atoms with Gasteiger partial charge in [0.05, 0.1) is 30.5 Å². The van der Waals surface area contributed by atoms with Gasteiger partial charge in [0.1, 0.15) is 5.75 Å². The van der Waals surface area contributed by atoms with Crippen molar-refractivity contribution in [1.82, 2.24) is 4.98 Å². The third-order valence-corrected chi connectivity index (χ3v) is 4.45. The standard InChI is InChI=1S/C21H19N3O4S/c1-2-27-19(25)12-17-14-29-21(23-17)24-22-13-15-8-10-18(11-9-15)28-20(26)16-6-4-3-5-7-16/h3-11,13-14H,2,12H2,1H3,(H,23,24). The predicted molar refractivity (Wildman–Crippen MR) is 112 cm³/mol. The van der Waals surface area contributed by atoms with Gasteiger partial charge in [-0.05, 0) is 48.9 Å². The molecule has 0 saturated carbocycles. The second-order valence-electron chi connectivity index (χ2n) is 5.82. The van der Waals surface area contributed by atoms with E-state index < -0.39 is 5.97 Å². The van der Waals surface area contributed by atoms with Gasteiger partial charge in [-0.1, -0.05) is 18.2 Å². The van der Waals surface area contributed by atoms with Gasteiger partial charge in [-0.25, -0.2) is 9.78 Å². The predicted octanol–water partition coefficient (Wildman–Crippen LogP) is 3.91. The smallest absolute Gasteiger partial charge is 0.343 e. The third kappa shape index (κ3) is 6.25. The third-order valence-electron chi connectivity index (χ3n) is 3.66. The molecule has 0 radical (unpaired) electrons. The molecule has 7 nitrogen and oxygen atoms in total. The van der Waals surface area contributed by atoms with E-state index in [-0.39, 0.29) is 12.4 Å². The number of nitrogens with zero attached hydrogens (tertiary/aromatic N) is 2. The maximum atomic E-state index is 12.0. The fourth-order valence-electron chi connectivity index (χ4n) is 2.32. The van der Waals surface area contributed by atoms with Crippen LogP contribution < -0.4 is 10.2 Å². The molecule has 148 valence electrons. The number of hydrogen-bond donors (Lipinski definition) is 1. The van der Waals surface area contributed by atoms with E-state index in [0.717, 1.165) is 5.56 Å². The number of rotatable bonds is 8. The van der Waals surface area contributed by atoms with E-state index in [1.807, 2.05) is 6.07 Å². The molecule has 0 amide bonds. The van der Waals surface area contributed by atoms with Crippen LogP contribution in [0.25, 0.3) is 0 Å². The van der Waals surface area contributed by atoms with Gasteiger partial charge in [0.2, 0.25) is 5.13 Å². The number of carbonyl (C=O) groups is 2. The number of ether oxygens (including phenoxy) is 2. The van der Waals surface area contributed by atoms with Crippen LogP contribution in [0.4, 0.5) is 5.13 Å². The number of nitrogens with one attached hydrogen (secondary N) is 1. The van der Waals surface area contributed by atoms with E-state index in [1.165, 1.54) is 11.3 Å². The summed E-state index contributed by atoms with van der Waals surface area (Å²) in [7, 11) is 0. The molecular formula is C21H19N3O4S. The number of thiazole rings is 1. The van der Waals surface area contributed by atoms with E-state index in [2.05, 4.69) is 15.5 Å². The zero-order chi connectivity index (χ0) is 20.5. The molecule has 0 aliphatic heterocycles. The highest BCUT2D eigenvalue weighted by molar-refractivity contribution is 7.13. The zero-order valence-electron chi connectivity index (χ0n) is 15.7. The minimum atomic E-state index is -0.406. The Labute approximate surface area is 172 Å². The Hall–Kier alpha value is -3.52. The van der Waals surface area contributed by atoms with Gasteiger partial charge in [-0.2, -0.15) is 5.10 Å². The van der Waals surface area contributed by atoms with Gasteiger partial charge in [0, 0.05) is 5.38 Å². The maximum Gasteiger partial charge on any atom is 0.343 e. The van der Waals surface area contributed by atoms with Crippen LogP contribution >= 0.6 is 11.3 Å². The molecular weight excluding hydrogens is 390 g/mol. The van der Waals surface area contributed by atoms with Crippen molar-refractivity contribution in [3.63, 3.8) is 0 Å². The first-order chi connectivity index (χ1) is 14.1. The summed E-state index contributed by atoms with van der Waals surface area (Å²) < 4.78 is 10.2. The van der Waals surface area contributed by atoms with Crippen LogP contribution in [0.15, 0.2) is 65.1 Å². The van der Waals surface area contributed by atoms with Crippen molar-refractivity contribution in [2.45, 2.75) is 13.3 Å². The summed E-state index contributed by atoms with van der Waals surface area (Å²) in [5.74, 6) is -0.260. The molecule has 3 aromatic rings. The number of benzene rings is 2. The lowest BCUT2D eigenvalue weighted by Gasteiger charge is -2.04. The highest BCUT2D eigenvalue weighted by Gasteiger charge is 2.08. The van der Waals surface area contributed by atoms with E-state index in [1.54, 1.807) is 67.0 Å². The van der Waals surface area contributed by atoms with Crippen LogP contribution in [-0.4, -0.2) is 29.7 Å². The largest absolute Gasteiger partial charge is 0.466 e. The SMILES string of the molecule is CCOC(=O)Cc1csc(NN=Cc2ccc(OC(=O)c3ccccc3)cc2)n1. The van der Waals surface area contributed by atoms with Gasteiger partial charge >= 0.3 is 11.9 Å². The Balaban J connectivity index is 1.51. The first kappa shape index (κ1) is 20.2. The Bertz CT molecular complexity index is 985. The molecule has 0 unspecified atom stereocenters. The van der Waals surface area contributed by atoms with Gasteiger partial charge in [0.15, 0.2) is 0 Å². The van der Waals surface area contributed by atoms with Crippen molar-refractivity contribution >= 4 is 34.6 Å². The molecule has 3 rings (SSSR count). The Kier molecular flexibility index (Phi) is 7.07.